The summed E-state index contributed by atoms with van der Waals surface area (Å²) in [6.45, 7) is 12.9. The standard InChI is InChI=1S/C18H30BrNS/c1-12(2)20-11-13-6-7-14(18(3,4)5)10-15(13)17-16(19)8-9-21-17/h8-9,12-15,20H,6-7,10-11H2,1-5H3. The van der Waals surface area contributed by atoms with Gasteiger partial charge >= 0.3 is 0 Å². The van der Waals surface area contributed by atoms with Gasteiger partial charge in [0.2, 0.25) is 0 Å². The molecule has 0 bridgehead atoms. The number of nitrogens with one attached hydrogen (secondary N) is 1. The van der Waals surface area contributed by atoms with Crippen molar-refractivity contribution >= 4 is 27.3 Å². The fraction of sp³-hybridized carbons (Fsp3) is 0.778. The molecular weight excluding hydrogens is 342 g/mol. The summed E-state index contributed by atoms with van der Waals surface area (Å²) in [5.74, 6) is 2.33. The molecule has 1 aromatic rings. The van der Waals surface area contributed by atoms with E-state index in [9.17, 15) is 0 Å². The van der Waals surface area contributed by atoms with Gasteiger partial charge in [-0.3, -0.25) is 0 Å². The van der Waals surface area contributed by atoms with Gasteiger partial charge in [-0.05, 0) is 76.4 Å². The molecule has 3 heteroatoms. The molecule has 1 N–H and O–H groups in total. The van der Waals surface area contributed by atoms with Gasteiger partial charge in [0.25, 0.3) is 0 Å². The molecule has 1 aromatic heterocycles. The summed E-state index contributed by atoms with van der Waals surface area (Å²) in [5.41, 5.74) is 0.429. The predicted molar refractivity (Wildman–Crippen MR) is 98.2 cm³/mol. The van der Waals surface area contributed by atoms with Crippen molar-refractivity contribution < 1.29 is 0 Å². The molecule has 1 nitrogen and oxygen atoms in total. The topological polar surface area (TPSA) is 12.0 Å². The molecule has 1 aliphatic rings. The second-order valence-electron chi connectivity index (χ2n) is 7.94. The molecule has 120 valence electrons. The molecule has 0 amide bonds. The number of halogens is 1. The van der Waals surface area contributed by atoms with E-state index in [1.54, 1.807) is 4.88 Å². The Hall–Kier alpha value is 0.140. The zero-order chi connectivity index (χ0) is 15.6. The molecular formula is C18H30BrNS. The smallest absolute Gasteiger partial charge is 0.0317 e. The molecule has 3 atom stereocenters. The lowest BCUT2D eigenvalue weighted by Crippen LogP contribution is -2.37. The summed E-state index contributed by atoms with van der Waals surface area (Å²) >= 11 is 5.70. The van der Waals surface area contributed by atoms with Gasteiger partial charge in [0.1, 0.15) is 0 Å². The maximum Gasteiger partial charge on any atom is 0.0317 e. The Labute approximate surface area is 143 Å². The predicted octanol–water partition coefficient (Wildman–Crippen LogP) is 6.05. The summed E-state index contributed by atoms with van der Waals surface area (Å²) < 4.78 is 1.32. The van der Waals surface area contributed by atoms with E-state index in [-0.39, 0.29) is 0 Å². The Balaban J connectivity index is 2.16. The summed E-state index contributed by atoms with van der Waals surface area (Å²) in [4.78, 5) is 1.57. The average Bonchev–Trinajstić information content (AvgIpc) is 2.81. The number of rotatable bonds is 4. The second-order valence-corrected chi connectivity index (χ2v) is 9.74. The molecule has 0 aliphatic heterocycles. The van der Waals surface area contributed by atoms with E-state index in [2.05, 4.69) is 67.3 Å². The third kappa shape index (κ3) is 4.56. The molecule has 0 aromatic carbocycles. The van der Waals surface area contributed by atoms with Crippen molar-refractivity contribution in [1.82, 2.24) is 5.32 Å². The minimum Gasteiger partial charge on any atom is -0.314 e. The van der Waals surface area contributed by atoms with Crippen molar-refractivity contribution in [3.8, 4) is 0 Å². The highest BCUT2D eigenvalue weighted by atomic mass is 79.9. The van der Waals surface area contributed by atoms with Gasteiger partial charge in [-0.15, -0.1) is 11.3 Å². The lowest BCUT2D eigenvalue weighted by molar-refractivity contribution is 0.129. The molecule has 21 heavy (non-hydrogen) atoms. The van der Waals surface area contributed by atoms with Crippen LogP contribution < -0.4 is 5.32 Å². The summed E-state index contributed by atoms with van der Waals surface area (Å²) in [6, 6.07) is 2.80. The van der Waals surface area contributed by atoms with Crippen LogP contribution in [0.4, 0.5) is 0 Å². The number of hydrogen-bond acceptors (Lipinski definition) is 2. The third-order valence-corrected chi connectivity index (χ3v) is 6.99. The minimum absolute atomic E-state index is 0.429. The van der Waals surface area contributed by atoms with Crippen LogP contribution >= 0.6 is 27.3 Å². The van der Waals surface area contributed by atoms with Gasteiger partial charge in [-0.25, -0.2) is 0 Å². The van der Waals surface area contributed by atoms with Gasteiger partial charge in [0.15, 0.2) is 0 Å². The van der Waals surface area contributed by atoms with Gasteiger partial charge < -0.3 is 5.32 Å². The van der Waals surface area contributed by atoms with Crippen LogP contribution in [0.1, 0.15) is 64.7 Å². The first-order chi connectivity index (χ1) is 9.79. The van der Waals surface area contributed by atoms with Crippen LogP contribution in [0.3, 0.4) is 0 Å². The van der Waals surface area contributed by atoms with Crippen LogP contribution in [-0.4, -0.2) is 12.6 Å². The Morgan fingerprint density at radius 3 is 2.57 bits per heavy atom. The van der Waals surface area contributed by atoms with E-state index in [4.69, 9.17) is 0 Å². The molecule has 1 saturated carbocycles. The lowest BCUT2D eigenvalue weighted by atomic mass is 9.65. The van der Waals surface area contributed by atoms with Crippen LogP contribution in [0.25, 0.3) is 0 Å². The number of hydrogen-bond donors (Lipinski definition) is 1. The molecule has 3 unspecified atom stereocenters. The molecule has 0 radical (unpaired) electrons. The van der Waals surface area contributed by atoms with Gasteiger partial charge in [0, 0.05) is 15.4 Å². The van der Waals surface area contributed by atoms with E-state index in [0.717, 1.165) is 18.4 Å². The highest BCUT2D eigenvalue weighted by molar-refractivity contribution is 9.10. The number of thiophene rings is 1. The Kier molecular flexibility index (Phi) is 5.95. The van der Waals surface area contributed by atoms with E-state index in [1.807, 2.05) is 11.3 Å². The van der Waals surface area contributed by atoms with Crippen molar-refractivity contribution in [2.24, 2.45) is 17.3 Å². The lowest BCUT2D eigenvalue weighted by Gasteiger charge is -2.42. The SMILES string of the molecule is CC(C)NCC1CCC(C(C)(C)C)CC1c1sccc1Br. The highest BCUT2D eigenvalue weighted by Gasteiger charge is 2.37. The molecule has 1 heterocycles. The maximum absolute atomic E-state index is 3.77. The fourth-order valence-electron chi connectivity index (χ4n) is 3.54. The first-order valence-corrected chi connectivity index (χ1v) is 9.92. The van der Waals surface area contributed by atoms with E-state index < -0.39 is 0 Å². The largest absolute Gasteiger partial charge is 0.314 e. The van der Waals surface area contributed by atoms with Crippen LogP contribution in [-0.2, 0) is 0 Å². The van der Waals surface area contributed by atoms with Crippen molar-refractivity contribution in [2.45, 2.75) is 65.8 Å². The van der Waals surface area contributed by atoms with Crippen molar-refractivity contribution in [3.05, 3.63) is 20.8 Å². The summed E-state index contributed by atoms with van der Waals surface area (Å²) in [7, 11) is 0. The van der Waals surface area contributed by atoms with Gasteiger partial charge in [-0.1, -0.05) is 34.6 Å². The van der Waals surface area contributed by atoms with Crippen molar-refractivity contribution in [2.75, 3.05) is 6.54 Å². The summed E-state index contributed by atoms with van der Waals surface area (Å²) in [6.07, 6.45) is 4.08. The van der Waals surface area contributed by atoms with Crippen LogP contribution in [0.2, 0.25) is 0 Å². The Morgan fingerprint density at radius 2 is 2.05 bits per heavy atom. The van der Waals surface area contributed by atoms with E-state index in [1.165, 1.54) is 23.7 Å². The molecule has 0 spiro atoms. The molecule has 1 fully saturated rings. The zero-order valence-electron chi connectivity index (χ0n) is 14.1. The zero-order valence-corrected chi connectivity index (χ0v) is 16.5. The normalized spacial score (nSPS) is 27.3. The van der Waals surface area contributed by atoms with Crippen molar-refractivity contribution in [3.63, 3.8) is 0 Å². The Morgan fingerprint density at radius 1 is 1.33 bits per heavy atom. The molecule has 0 saturated heterocycles. The first-order valence-electron chi connectivity index (χ1n) is 8.25. The van der Waals surface area contributed by atoms with Crippen LogP contribution in [0.5, 0.6) is 0 Å². The second kappa shape index (κ2) is 7.14. The van der Waals surface area contributed by atoms with E-state index in [0.29, 0.717) is 17.4 Å². The fourth-order valence-corrected chi connectivity index (χ4v) is 5.42. The maximum atomic E-state index is 3.77. The van der Waals surface area contributed by atoms with Gasteiger partial charge in [0.05, 0.1) is 0 Å². The Bertz CT molecular complexity index is 446. The third-order valence-electron chi connectivity index (χ3n) is 4.99. The minimum atomic E-state index is 0.429. The van der Waals surface area contributed by atoms with Crippen molar-refractivity contribution in [1.29, 1.82) is 0 Å². The monoisotopic (exact) mass is 371 g/mol. The quantitative estimate of drug-likeness (QED) is 0.678. The summed E-state index contributed by atoms with van der Waals surface area (Å²) in [5, 5.41) is 5.90. The van der Waals surface area contributed by atoms with Crippen LogP contribution in [0, 0.1) is 17.3 Å². The van der Waals surface area contributed by atoms with Crippen LogP contribution in [0.15, 0.2) is 15.9 Å². The first kappa shape index (κ1) is 17.5. The van der Waals surface area contributed by atoms with Gasteiger partial charge in [-0.2, -0.15) is 0 Å². The van der Waals surface area contributed by atoms with E-state index >= 15 is 0 Å². The molecule has 1 aliphatic carbocycles. The average molecular weight is 372 g/mol. The highest BCUT2D eigenvalue weighted by Crippen LogP contribution is 2.49. The molecule has 2 rings (SSSR count).